The fourth-order valence-electron chi connectivity index (χ4n) is 3.86. The Hall–Kier alpha value is -2.18. The molecule has 1 saturated carbocycles. The highest BCUT2D eigenvalue weighted by atomic mass is 19.1. The van der Waals surface area contributed by atoms with Crippen LogP contribution < -0.4 is 5.32 Å². The molecule has 144 valence electrons. The second kappa shape index (κ2) is 7.82. The number of benzene rings is 1. The summed E-state index contributed by atoms with van der Waals surface area (Å²) in [5.74, 6) is 1.32. The smallest absolute Gasteiger partial charge is 0.223 e. The minimum atomic E-state index is -0.227. The van der Waals surface area contributed by atoms with Gasteiger partial charge in [0.15, 0.2) is 0 Å². The van der Waals surface area contributed by atoms with E-state index in [1.54, 1.807) is 12.1 Å². The lowest BCUT2D eigenvalue weighted by Crippen LogP contribution is -2.44. The lowest BCUT2D eigenvalue weighted by atomic mass is 10.1. The van der Waals surface area contributed by atoms with E-state index in [4.69, 9.17) is 9.15 Å². The summed E-state index contributed by atoms with van der Waals surface area (Å²) in [5, 5.41) is 3.07. The Morgan fingerprint density at radius 3 is 2.74 bits per heavy atom. The average Bonchev–Trinajstić information content (AvgIpc) is 3.37. The molecule has 1 aliphatic carbocycles. The Labute approximate surface area is 158 Å². The predicted octanol–water partition coefficient (Wildman–Crippen LogP) is 3.02. The monoisotopic (exact) mass is 372 g/mol. The number of amides is 1. The first kappa shape index (κ1) is 18.2. The molecule has 5 nitrogen and oxygen atoms in total. The van der Waals surface area contributed by atoms with Gasteiger partial charge >= 0.3 is 0 Å². The number of rotatable bonds is 6. The quantitative estimate of drug-likeness (QED) is 0.847. The van der Waals surface area contributed by atoms with Crippen LogP contribution in [-0.2, 0) is 9.53 Å². The van der Waals surface area contributed by atoms with E-state index in [0.29, 0.717) is 31.7 Å². The summed E-state index contributed by atoms with van der Waals surface area (Å²) >= 11 is 0. The third-order valence-electron chi connectivity index (χ3n) is 5.48. The van der Waals surface area contributed by atoms with Gasteiger partial charge in [-0.15, -0.1) is 0 Å². The summed E-state index contributed by atoms with van der Waals surface area (Å²) in [4.78, 5) is 14.9. The van der Waals surface area contributed by atoms with Crippen molar-refractivity contribution >= 4 is 5.91 Å². The SMILES string of the molecule is Cc1ccc(C(CNC(=O)C2CC2c2ccccc2F)N2CCOCC2)o1. The summed E-state index contributed by atoms with van der Waals surface area (Å²) < 4.78 is 25.2. The van der Waals surface area contributed by atoms with Crippen molar-refractivity contribution in [1.29, 1.82) is 0 Å². The van der Waals surface area contributed by atoms with Gasteiger partial charge in [-0.3, -0.25) is 9.69 Å². The first-order valence-electron chi connectivity index (χ1n) is 9.54. The van der Waals surface area contributed by atoms with Gasteiger partial charge in [-0.25, -0.2) is 4.39 Å². The molecule has 1 amide bonds. The van der Waals surface area contributed by atoms with Gasteiger partial charge in [0.1, 0.15) is 17.3 Å². The van der Waals surface area contributed by atoms with E-state index in [2.05, 4.69) is 10.2 Å². The lowest BCUT2D eigenvalue weighted by molar-refractivity contribution is -0.122. The van der Waals surface area contributed by atoms with Crippen molar-refractivity contribution in [3.63, 3.8) is 0 Å². The number of hydrogen-bond donors (Lipinski definition) is 1. The molecule has 1 saturated heterocycles. The van der Waals surface area contributed by atoms with Crippen molar-refractivity contribution in [2.45, 2.75) is 25.3 Å². The number of morpholine rings is 1. The zero-order chi connectivity index (χ0) is 18.8. The van der Waals surface area contributed by atoms with E-state index in [1.165, 1.54) is 6.07 Å². The second-order valence-corrected chi connectivity index (χ2v) is 7.33. The summed E-state index contributed by atoms with van der Waals surface area (Å²) in [6, 6.07) is 10.6. The summed E-state index contributed by atoms with van der Waals surface area (Å²) in [7, 11) is 0. The summed E-state index contributed by atoms with van der Waals surface area (Å²) in [5.41, 5.74) is 0.643. The van der Waals surface area contributed by atoms with E-state index in [-0.39, 0.29) is 29.6 Å². The van der Waals surface area contributed by atoms with E-state index in [1.807, 2.05) is 25.1 Å². The van der Waals surface area contributed by atoms with Gasteiger partial charge in [-0.1, -0.05) is 18.2 Å². The van der Waals surface area contributed by atoms with Crippen molar-refractivity contribution in [2.75, 3.05) is 32.8 Å². The van der Waals surface area contributed by atoms with E-state index < -0.39 is 0 Å². The van der Waals surface area contributed by atoms with Crippen LogP contribution in [0.2, 0.25) is 0 Å². The Bertz CT molecular complexity index is 800. The molecule has 2 heterocycles. The molecule has 0 radical (unpaired) electrons. The minimum absolute atomic E-state index is 0.00945. The molecule has 6 heteroatoms. The van der Waals surface area contributed by atoms with Gasteiger partial charge in [-0.2, -0.15) is 0 Å². The Kier molecular flexibility index (Phi) is 5.27. The number of ether oxygens (including phenoxy) is 1. The van der Waals surface area contributed by atoms with Crippen LogP contribution in [0.3, 0.4) is 0 Å². The van der Waals surface area contributed by atoms with Crippen molar-refractivity contribution in [3.05, 3.63) is 59.3 Å². The minimum Gasteiger partial charge on any atom is -0.465 e. The Morgan fingerprint density at radius 2 is 2.04 bits per heavy atom. The molecule has 3 unspecified atom stereocenters. The number of hydrogen-bond acceptors (Lipinski definition) is 4. The molecule has 1 N–H and O–H groups in total. The van der Waals surface area contributed by atoms with Crippen LogP contribution in [-0.4, -0.2) is 43.7 Å². The molecule has 2 aliphatic rings. The van der Waals surface area contributed by atoms with Crippen LogP contribution in [0.15, 0.2) is 40.8 Å². The van der Waals surface area contributed by atoms with E-state index >= 15 is 0 Å². The van der Waals surface area contributed by atoms with Gasteiger partial charge in [0.25, 0.3) is 0 Å². The average molecular weight is 372 g/mol. The molecule has 3 atom stereocenters. The van der Waals surface area contributed by atoms with Crippen LogP contribution in [0.25, 0.3) is 0 Å². The van der Waals surface area contributed by atoms with Gasteiger partial charge in [0.05, 0.1) is 19.3 Å². The normalized spacial score (nSPS) is 23.8. The number of carbonyl (C=O) groups excluding carboxylic acids is 1. The molecular weight excluding hydrogens is 347 g/mol. The maximum Gasteiger partial charge on any atom is 0.223 e. The highest BCUT2D eigenvalue weighted by Gasteiger charge is 2.45. The second-order valence-electron chi connectivity index (χ2n) is 7.33. The molecule has 4 rings (SSSR count). The van der Waals surface area contributed by atoms with Crippen LogP contribution in [0.4, 0.5) is 4.39 Å². The number of nitrogens with zero attached hydrogens (tertiary/aromatic N) is 1. The van der Waals surface area contributed by atoms with Gasteiger partial charge in [-0.05, 0) is 43.0 Å². The molecule has 1 aromatic carbocycles. The lowest BCUT2D eigenvalue weighted by Gasteiger charge is -2.33. The number of aryl methyl sites for hydroxylation is 1. The molecule has 2 fully saturated rings. The number of carbonyl (C=O) groups is 1. The van der Waals surface area contributed by atoms with Gasteiger partial charge in [0.2, 0.25) is 5.91 Å². The van der Waals surface area contributed by atoms with Gasteiger partial charge < -0.3 is 14.5 Å². The van der Waals surface area contributed by atoms with Gasteiger partial charge in [0, 0.05) is 25.6 Å². The molecule has 1 aromatic heterocycles. The van der Waals surface area contributed by atoms with Crippen LogP contribution in [0, 0.1) is 18.7 Å². The zero-order valence-electron chi connectivity index (χ0n) is 15.5. The third kappa shape index (κ3) is 4.06. The Balaban J connectivity index is 1.39. The topological polar surface area (TPSA) is 54.7 Å². The van der Waals surface area contributed by atoms with Crippen molar-refractivity contribution in [3.8, 4) is 0 Å². The summed E-state index contributed by atoms with van der Waals surface area (Å²) in [6.45, 7) is 5.38. The Morgan fingerprint density at radius 1 is 1.26 bits per heavy atom. The highest BCUT2D eigenvalue weighted by molar-refractivity contribution is 5.82. The van der Waals surface area contributed by atoms with E-state index in [9.17, 15) is 9.18 Å². The van der Waals surface area contributed by atoms with E-state index in [0.717, 1.165) is 24.6 Å². The number of halogens is 1. The first-order valence-corrected chi connectivity index (χ1v) is 9.54. The fourth-order valence-corrected chi connectivity index (χ4v) is 3.86. The predicted molar refractivity (Wildman–Crippen MR) is 98.8 cm³/mol. The van der Waals surface area contributed by atoms with Crippen LogP contribution >= 0.6 is 0 Å². The number of nitrogens with one attached hydrogen (secondary N) is 1. The van der Waals surface area contributed by atoms with Crippen molar-refractivity contribution < 1.29 is 18.3 Å². The maximum atomic E-state index is 13.9. The molecular formula is C21H25FN2O3. The fraction of sp³-hybridized carbons (Fsp3) is 0.476. The van der Waals surface area contributed by atoms with Crippen LogP contribution in [0.5, 0.6) is 0 Å². The zero-order valence-corrected chi connectivity index (χ0v) is 15.5. The third-order valence-corrected chi connectivity index (χ3v) is 5.48. The molecule has 27 heavy (non-hydrogen) atoms. The first-order chi connectivity index (χ1) is 13.1. The molecule has 2 aromatic rings. The molecule has 0 spiro atoms. The molecule has 1 aliphatic heterocycles. The highest BCUT2D eigenvalue weighted by Crippen LogP contribution is 2.48. The summed E-state index contributed by atoms with van der Waals surface area (Å²) in [6.07, 6.45) is 0.703. The largest absolute Gasteiger partial charge is 0.465 e. The maximum absolute atomic E-state index is 13.9. The van der Waals surface area contributed by atoms with Crippen molar-refractivity contribution in [2.24, 2.45) is 5.92 Å². The van der Waals surface area contributed by atoms with Crippen molar-refractivity contribution in [1.82, 2.24) is 10.2 Å². The molecule has 0 bridgehead atoms. The standard InChI is InChI=1S/C21H25FN2O3/c1-14-6-7-20(27-14)19(24-8-10-26-11-9-24)13-23-21(25)17-12-16(17)15-4-2-3-5-18(15)22/h2-7,16-17,19H,8-13H2,1H3,(H,23,25). The number of furan rings is 1. The van der Waals surface area contributed by atoms with Crippen LogP contribution in [0.1, 0.15) is 35.5 Å².